The minimum atomic E-state index is -0.0537. The fourth-order valence-corrected chi connectivity index (χ4v) is 3.47. The summed E-state index contributed by atoms with van der Waals surface area (Å²) in [5, 5.41) is 5.97. The fourth-order valence-electron chi connectivity index (χ4n) is 3.47. The fraction of sp³-hybridized carbons (Fsp3) is 0.600. The van der Waals surface area contributed by atoms with Gasteiger partial charge in [0.2, 0.25) is 5.91 Å². The number of amides is 1. The Morgan fingerprint density at radius 3 is 2.48 bits per heavy atom. The van der Waals surface area contributed by atoms with Gasteiger partial charge in [-0.05, 0) is 12.0 Å². The van der Waals surface area contributed by atoms with E-state index in [0.717, 1.165) is 38.6 Å². The second-order valence-corrected chi connectivity index (χ2v) is 6.60. The van der Waals surface area contributed by atoms with Crippen molar-refractivity contribution >= 4 is 11.9 Å². The average Bonchev–Trinajstić information content (AvgIpc) is 2.71. The van der Waals surface area contributed by atoms with Gasteiger partial charge in [-0.1, -0.05) is 37.3 Å². The largest absolute Gasteiger partial charge is 0.383 e. The lowest BCUT2D eigenvalue weighted by Gasteiger charge is -2.40. The van der Waals surface area contributed by atoms with Gasteiger partial charge in [-0.25, -0.2) is 0 Å². The van der Waals surface area contributed by atoms with Crippen molar-refractivity contribution in [2.45, 2.75) is 19.4 Å². The molecule has 1 amide bonds. The van der Waals surface area contributed by atoms with Crippen molar-refractivity contribution < 1.29 is 9.53 Å². The normalized spacial score (nSPS) is 16.9. The number of benzene rings is 1. The van der Waals surface area contributed by atoms with Crippen molar-refractivity contribution in [1.29, 1.82) is 0 Å². The summed E-state index contributed by atoms with van der Waals surface area (Å²) in [6.07, 6.45) is 1.10. The smallest absolute Gasteiger partial charge is 0.239 e. The van der Waals surface area contributed by atoms with Crippen molar-refractivity contribution in [3.8, 4) is 0 Å². The molecule has 1 atom stereocenters. The van der Waals surface area contributed by atoms with Gasteiger partial charge in [0, 0.05) is 52.9 Å². The molecule has 7 nitrogen and oxygen atoms in total. The SMILES string of the molecule is CCC(c1ccccc1)N1CCN(C(=NC)NCC(=O)NCCOC)CC1. The number of guanidine groups is 1. The molecule has 7 heteroatoms. The molecule has 1 aromatic rings. The van der Waals surface area contributed by atoms with E-state index >= 15 is 0 Å². The Labute approximate surface area is 162 Å². The van der Waals surface area contributed by atoms with Crippen molar-refractivity contribution in [2.24, 2.45) is 4.99 Å². The van der Waals surface area contributed by atoms with Gasteiger partial charge in [0.25, 0.3) is 0 Å². The second kappa shape index (κ2) is 11.6. The number of nitrogens with one attached hydrogen (secondary N) is 2. The summed E-state index contributed by atoms with van der Waals surface area (Å²) in [4.78, 5) is 20.9. The Kier molecular flexibility index (Phi) is 9.07. The highest BCUT2D eigenvalue weighted by atomic mass is 16.5. The van der Waals surface area contributed by atoms with Crippen LogP contribution in [0.3, 0.4) is 0 Å². The minimum Gasteiger partial charge on any atom is -0.383 e. The molecular weight excluding hydrogens is 342 g/mol. The van der Waals surface area contributed by atoms with E-state index in [1.807, 2.05) is 0 Å². The number of piperazine rings is 1. The predicted octanol–water partition coefficient (Wildman–Crippen LogP) is 1.09. The summed E-state index contributed by atoms with van der Waals surface area (Å²) in [5.41, 5.74) is 1.38. The number of hydrogen-bond acceptors (Lipinski definition) is 4. The van der Waals surface area contributed by atoms with Crippen LogP contribution in [-0.4, -0.2) is 81.7 Å². The molecule has 1 saturated heterocycles. The van der Waals surface area contributed by atoms with Crippen molar-refractivity contribution in [3.63, 3.8) is 0 Å². The topological polar surface area (TPSA) is 69.2 Å². The number of aliphatic imine (C=N–C) groups is 1. The Bertz CT molecular complexity index is 585. The van der Waals surface area contributed by atoms with E-state index in [-0.39, 0.29) is 12.5 Å². The second-order valence-electron chi connectivity index (χ2n) is 6.60. The van der Waals surface area contributed by atoms with Crippen LogP contribution >= 0.6 is 0 Å². The highest BCUT2D eigenvalue weighted by Crippen LogP contribution is 2.25. The molecule has 1 aliphatic rings. The summed E-state index contributed by atoms with van der Waals surface area (Å²) in [5.74, 6) is 0.728. The lowest BCUT2D eigenvalue weighted by Crippen LogP contribution is -2.54. The van der Waals surface area contributed by atoms with Crippen LogP contribution in [-0.2, 0) is 9.53 Å². The zero-order valence-corrected chi connectivity index (χ0v) is 16.8. The first-order chi connectivity index (χ1) is 13.2. The standard InChI is InChI=1S/C20H33N5O2/c1-4-18(17-8-6-5-7-9-17)24-11-13-25(14-12-24)20(21-2)23-16-19(26)22-10-15-27-3/h5-9,18H,4,10-16H2,1-3H3,(H,21,23)(H,22,26). The summed E-state index contributed by atoms with van der Waals surface area (Å²) in [6.45, 7) is 7.25. The van der Waals surface area contributed by atoms with Crippen LogP contribution < -0.4 is 10.6 Å². The van der Waals surface area contributed by atoms with Crippen LogP contribution in [0, 0.1) is 0 Å². The highest BCUT2D eigenvalue weighted by Gasteiger charge is 2.25. The molecule has 1 unspecified atom stereocenters. The third-order valence-corrected chi connectivity index (χ3v) is 4.87. The summed E-state index contributed by atoms with van der Waals surface area (Å²) in [7, 11) is 3.38. The summed E-state index contributed by atoms with van der Waals surface area (Å²) >= 11 is 0. The van der Waals surface area contributed by atoms with Crippen molar-refractivity contribution in [1.82, 2.24) is 20.4 Å². The van der Waals surface area contributed by atoms with Gasteiger partial charge in [0.1, 0.15) is 0 Å². The van der Waals surface area contributed by atoms with Gasteiger partial charge in [-0.15, -0.1) is 0 Å². The Morgan fingerprint density at radius 1 is 1.19 bits per heavy atom. The first-order valence-corrected chi connectivity index (χ1v) is 9.69. The molecule has 0 radical (unpaired) electrons. The molecule has 2 rings (SSSR count). The molecule has 150 valence electrons. The molecule has 0 aromatic heterocycles. The lowest BCUT2D eigenvalue weighted by atomic mass is 10.0. The molecule has 1 fully saturated rings. The Hall–Kier alpha value is -2.12. The summed E-state index contributed by atoms with van der Waals surface area (Å²) < 4.78 is 4.93. The zero-order valence-electron chi connectivity index (χ0n) is 16.8. The Balaban J connectivity index is 1.81. The van der Waals surface area contributed by atoms with E-state index in [0.29, 0.717) is 19.2 Å². The van der Waals surface area contributed by atoms with Gasteiger partial charge in [-0.2, -0.15) is 0 Å². The quantitative estimate of drug-likeness (QED) is 0.404. The van der Waals surface area contributed by atoms with Crippen LogP contribution in [0.2, 0.25) is 0 Å². The van der Waals surface area contributed by atoms with Gasteiger partial charge >= 0.3 is 0 Å². The van der Waals surface area contributed by atoms with Gasteiger partial charge in [0.05, 0.1) is 13.2 Å². The first-order valence-electron chi connectivity index (χ1n) is 9.69. The molecule has 0 bridgehead atoms. The molecule has 0 spiro atoms. The molecule has 1 aromatic carbocycles. The number of ether oxygens (including phenoxy) is 1. The molecule has 0 saturated carbocycles. The van der Waals surface area contributed by atoms with E-state index in [1.54, 1.807) is 14.2 Å². The van der Waals surface area contributed by atoms with Crippen LogP contribution in [0.5, 0.6) is 0 Å². The lowest BCUT2D eigenvalue weighted by molar-refractivity contribution is -0.120. The first kappa shape index (κ1) is 21.2. The van der Waals surface area contributed by atoms with E-state index in [4.69, 9.17) is 4.74 Å². The average molecular weight is 376 g/mol. The number of carbonyl (C=O) groups is 1. The third-order valence-electron chi connectivity index (χ3n) is 4.87. The molecule has 2 N–H and O–H groups in total. The van der Waals surface area contributed by atoms with E-state index in [1.165, 1.54) is 5.56 Å². The molecule has 1 aliphatic heterocycles. The van der Waals surface area contributed by atoms with Crippen LogP contribution in [0.4, 0.5) is 0 Å². The van der Waals surface area contributed by atoms with Crippen molar-refractivity contribution in [2.75, 3.05) is 60.0 Å². The highest BCUT2D eigenvalue weighted by molar-refractivity contribution is 5.86. The van der Waals surface area contributed by atoms with Gasteiger partial charge in [0.15, 0.2) is 5.96 Å². The van der Waals surface area contributed by atoms with Crippen LogP contribution in [0.15, 0.2) is 35.3 Å². The zero-order chi connectivity index (χ0) is 19.5. The number of methoxy groups -OCH3 is 1. The summed E-state index contributed by atoms with van der Waals surface area (Å²) in [6, 6.07) is 11.2. The Morgan fingerprint density at radius 2 is 1.89 bits per heavy atom. The van der Waals surface area contributed by atoms with Gasteiger partial charge < -0.3 is 20.3 Å². The van der Waals surface area contributed by atoms with Crippen LogP contribution in [0.25, 0.3) is 0 Å². The maximum absolute atomic E-state index is 11.8. The number of nitrogens with zero attached hydrogens (tertiary/aromatic N) is 3. The maximum Gasteiger partial charge on any atom is 0.239 e. The number of hydrogen-bond donors (Lipinski definition) is 2. The molecule has 27 heavy (non-hydrogen) atoms. The molecule has 0 aliphatic carbocycles. The monoisotopic (exact) mass is 375 g/mol. The predicted molar refractivity (Wildman–Crippen MR) is 109 cm³/mol. The third kappa shape index (κ3) is 6.52. The van der Waals surface area contributed by atoms with Crippen LogP contribution in [0.1, 0.15) is 24.9 Å². The number of rotatable bonds is 8. The van der Waals surface area contributed by atoms with Crippen molar-refractivity contribution in [3.05, 3.63) is 35.9 Å². The molecular formula is C20H33N5O2. The minimum absolute atomic E-state index is 0.0537. The maximum atomic E-state index is 11.8. The molecule has 1 heterocycles. The van der Waals surface area contributed by atoms with E-state index in [2.05, 4.69) is 62.7 Å². The number of carbonyl (C=O) groups excluding carboxylic acids is 1. The van der Waals surface area contributed by atoms with E-state index in [9.17, 15) is 4.79 Å². The van der Waals surface area contributed by atoms with E-state index < -0.39 is 0 Å². The van der Waals surface area contributed by atoms with Gasteiger partial charge in [-0.3, -0.25) is 14.7 Å².